The lowest BCUT2D eigenvalue weighted by atomic mass is 10.1. The quantitative estimate of drug-likeness (QED) is 0.490. The Hall–Kier alpha value is -3.19. The molecule has 1 N–H and O–H groups in total. The molecule has 4 aromatic rings. The molecule has 2 aromatic heterocycles. The van der Waals surface area contributed by atoms with Crippen LogP contribution in [0.25, 0.3) is 20.3 Å². The van der Waals surface area contributed by atoms with Gasteiger partial charge in [0.05, 0.1) is 5.52 Å². The SMILES string of the molecule is O=C(Cn1c(=O)n(CCc2ccccc2)c(=O)c2sc3ccccc3c21)NC1CCCC1. The van der Waals surface area contributed by atoms with Gasteiger partial charge in [-0.15, -0.1) is 11.3 Å². The number of amides is 1. The van der Waals surface area contributed by atoms with Crippen molar-refractivity contribution in [2.24, 2.45) is 0 Å². The molecule has 2 aromatic carbocycles. The molecule has 1 aliphatic rings. The summed E-state index contributed by atoms with van der Waals surface area (Å²) in [5, 5.41) is 3.91. The topological polar surface area (TPSA) is 73.1 Å². The van der Waals surface area contributed by atoms with Crippen LogP contribution in [0.15, 0.2) is 64.2 Å². The first-order valence-electron chi connectivity index (χ1n) is 11.1. The van der Waals surface area contributed by atoms with Crippen molar-refractivity contribution in [3.8, 4) is 0 Å². The van der Waals surface area contributed by atoms with E-state index < -0.39 is 5.69 Å². The lowest BCUT2D eigenvalue weighted by molar-refractivity contribution is -0.122. The lowest BCUT2D eigenvalue weighted by Gasteiger charge is -2.15. The van der Waals surface area contributed by atoms with E-state index in [0.717, 1.165) is 41.3 Å². The zero-order chi connectivity index (χ0) is 22.1. The van der Waals surface area contributed by atoms with Gasteiger partial charge in [0.2, 0.25) is 5.91 Å². The molecule has 0 atom stereocenters. The van der Waals surface area contributed by atoms with Gasteiger partial charge >= 0.3 is 5.69 Å². The number of carbonyl (C=O) groups is 1. The number of nitrogens with one attached hydrogen (secondary N) is 1. The Balaban J connectivity index is 1.59. The molecular weight excluding hydrogens is 422 g/mol. The minimum atomic E-state index is -0.427. The zero-order valence-electron chi connectivity index (χ0n) is 17.8. The number of thiophene rings is 1. The number of carbonyl (C=O) groups excluding carboxylic acids is 1. The monoisotopic (exact) mass is 447 g/mol. The molecular formula is C25H25N3O3S. The first-order valence-corrected chi connectivity index (χ1v) is 11.9. The molecule has 6 nitrogen and oxygen atoms in total. The van der Waals surface area contributed by atoms with Gasteiger partial charge in [0.25, 0.3) is 5.56 Å². The standard InChI is InChI=1S/C25H25N3O3S/c29-21(26-18-10-4-5-11-18)16-28-22-19-12-6-7-13-20(19)32-23(22)24(30)27(25(28)31)15-14-17-8-2-1-3-9-17/h1-3,6-9,12-13,18H,4-5,10-11,14-16H2,(H,26,29). The van der Waals surface area contributed by atoms with Crippen molar-refractivity contribution < 1.29 is 4.79 Å². The number of fused-ring (bicyclic) bond motifs is 3. The van der Waals surface area contributed by atoms with Gasteiger partial charge < -0.3 is 5.32 Å². The second kappa shape index (κ2) is 8.74. The fourth-order valence-electron chi connectivity index (χ4n) is 4.61. The fourth-order valence-corrected chi connectivity index (χ4v) is 5.77. The average Bonchev–Trinajstić information content (AvgIpc) is 3.45. The van der Waals surface area contributed by atoms with Gasteiger partial charge in [0, 0.05) is 22.7 Å². The smallest absolute Gasteiger partial charge is 0.332 e. The zero-order valence-corrected chi connectivity index (χ0v) is 18.6. The van der Waals surface area contributed by atoms with E-state index in [2.05, 4.69) is 5.32 Å². The summed E-state index contributed by atoms with van der Waals surface area (Å²) in [7, 11) is 0. The molecule has 0 aliphatic heterocycles. The average molecular weight is 448 g/mol. The molecule has 1 amide bonds. The van der Waals surface area contributed by atoms with Crippen molar-refractivity contribution in [3.63, 3.8) is 0 Å². The second-order valence-corrected chi connectivity index (χ2v) is 9.44. The third-order valence-corrected chi connectivity index (χ3v) is 7.38. The van der Waals surface area contributed by atoms with Crippen LogP contribution in [0.1, 0.15) is 31.2 Å². The highest BCUT2D eigenvalue weighted by Gasteiger charge is 2.22. The maximum atomic E-state index is 13.5. The van der Waals surface area contributed by atoms with E-state index in [1.807, 2.05) is 54.6 Å². The lowest BCUT2D eigenvalue weighted by Crippen LogP contribution is -2.43. The van der Waals surface area contributed by atoms with Crippen LogP contribution in [-0.4, -0.2) is 21.1 Å². The van der Waals surface area contributed by atoms with Gasteiger partial charge in [0.1, 0.15) is 11.2 Å². The summed E-state index contributed by atoms with van der Waals surface area (Å²) < 4.78 is 4.23. The molecule has 32 heavy (non-hydrogen) atoms. The van der Waals surface area contributed by atoms with Crippen molar-refractivity contribution in [1.82, 2.24) is 14.5 Å². The van der Waals surface area contributed by atoms with Crippen LogP contribution in [0, 0.1) is 0 Å². The molecule has 1 aliphatic carbocycles. The van der Waals surface area contributed by atoms with Crippen LogP contribution in [0.4, 0.5) is 0 Å². The summed E-state index contributed by atoms with van der Waals surface area (Å²) in [4.78, 5) is 39.6. The maximum Gasteiger partial charge on any atom is 0.332 e. The first kappa shape index (κ1) is 20.7. The molecule has 0 saturated heterocycles. The molecule has 1 saturated carbocycles. The molecule has 7 heteroatoms. The van der Waals surface area contributed by atoms with Gasteiger partial charge in [0.15, 0.2) is 0 Å². The normalized spacial score (nSPS) is 14.4. The molecule has 0 radical (unpaired) electrons. The predicted molar refractivity (Wildman–Crippen MR) is 128 cm³/mol. The van der Waals surface area contributed by atoms with Gasteiger partial charge in [-0.1, -0.05) is 61.4 Å². The largest absolute Gasteiger partial charge is 0.352 e. The number of hydrogen-bond donors (Lipinski definition) is 1. The third kappa shape index (κ3) is 3.88. The Bertz CT molecular complexity index is 1400. The summed E-state index contributed by atoms with van der Waals surface area (Å²) in [6, 6.07) is 17.6. The van der Waals surface area contributed by atoms with Crippen molar-refractivity contribution in [2.45, 2.75) is 51.2 Å². The van der Waals surface area contributed by atoms with Crippen LogP contribution >= 0.6 is 11.3 Å². The fraction of sp³-hybridized carbons (Fsp3) is 0.320. The molecule has 164 valence electrons. The number of benzene rings is 2. The Labute approximate surface area is 189 Å². The molecule has 0 bridgehead atoms. The van der Waals surface area contributed by atoms with Gasteiger partial charge in [-0.05, 0) is 30.9 Å². The van der Waals surface area contributed by atoms with Gasteiger partial charge in [-0.25, -0.2) is 4.79 Å². The molecule has 0 spiro atoms. The van der Waals surface area contributed by atoms with Crippen molar-refractivity contribution in [1.29, 1.82) is 0 Å². The first-order chi connectivity index (χ1) is 15.6. The van der Waals surface area contributed by atoms with E-state index in [0.29, 0.717) is 16.6 Å². The molecule has 0 unspecified atom stereocenters. The highest BCUT2D eigenvalue weighted by atomic mass is 32.1. The second-order valence-electron chi connectivity index (χ2n) is 8.39. The Kier molecular flexibility index (Phi) is 5.66. The van der Waals surface area contributed by atoms with Gasteiger partial charge in [-0.3, -0.25) is 18.7 Å². The van der Waals surface area contributed by atoms with Crippen LogP contribution in [-0.2, 0) is 24.3 Å². The van der Waals surface area contributed by atoms with Crippen LogP contribution in [0.5, 0.6) is 0 Å². The summed E-state index contributed by atoms with van der Waals surface area (Å²) in [6.07, 6.45) is 4.77. The summed E-state index contributed by atoms with van der Waals surface area (Å²) in [5.74, 6) is -0.177. The number of rotatable bonds is 6. The summed E-state index contributed by atoms with van der Waals surface area (Å²) in [5.41, 5.74) is 0.914. The molecule has 1 fully saturated rings. The molecule has 5 rings (SSSR count). The third-order valence-electron chi connectivity index (χ3n) is 6.23. The number of aryl methyl sites for hydroxylation is 1. The van der Waals surface area contributed by atoms with E-state index in [4.69, 9.17) is 0 Å². The Morgan fingerprint density at radius 3 is 2.47 bits per heavy atom. The van der Waals surface area contributed by atoms with E-state index >= 15 is 0 Å². The van der Waals surface area contributed by atoms with Crippen molar-refractivity contribution in [3.05, 3.63) is 81.0 Å². The van der Waals surface area contributed by atoms with E-state index in [1.54, 1.807) is 0 Å². The van der Waals surface area contributed by atoms with E-state index in [1.165, 1.54) is 20.5 Å². The maximum absolute atomic E-state index is 13.5. The van der Waals surface area contributed by atoms with E-state index in [-0.39, 0.29) is 30.6 Å². The Morgan fingerprint density at radius 1 is 0.969 bits per heavy atom. The molecule has 2 heterocycles. The van der Waals surface area contributed by atoms with Gasteiger partial charge in [-0.2, -0.15) is 0 Å². The van der Waals surface area contributed by atoms with E-state index in [9.17, 15) is 14.4 Å². The predicted octanol–water partition coefficient (Wildman–Crippen LogP) is 3.68. The van der Waals surface area contributed by atoms with Crippen LogP contribution in [0.2, 0.25) is 0 Å². The van der Waals surface area contributed by atoms with Crippen molar-refractivity contribution in [2.75, 3.05) is 0 Å². The van der Waals surface area contributed by atoms with Crippen LogP contribution < -0.4 is 16.6 Å². The highest BCUT2D eigenvalue weighted by Crippen LogP contribution is 2.30. The minimum Gasteiger partial charge on any atom is -0.352 e. The van der Waals surface area contributed by atoms with Crippen LogP contribution in [0.3, 0.4) is 0 Å². The summed E-state index contributed by atoms with van der Waals surface area (Å²) in [6.45, 7) is 0.189. The number of nitrogens with zero attached hydrogens (tertiary/aromatic N) is 2. The number of aromatic nitrogens is 2. The minimum absolute atomic E-state index is 0.0851. The summed E-state index contributed by atoms with van der Waals surface area (Å²) >= 11 is 1.38. The highest BCUT2D eigenvalue weighted by molar-refractivity contribution is 7.25. The van der Waals surface area contributed by atoms with Crippen molar-refractivity contribution >= 4 is 37.5 Å². The number of hydrogen-bond acceptors (Lipinski definition) is 4. The Morgan fingerprint density at radius 2 is 1.69 bits per heavy atom.